The van der Waals surface area contributed by atoms with Gasteiger partial charge in [0.15, 0.2) is 6.10 Å². The first-order chi connectivity index (χ1) is 16.1. The average molecular weight is 449 g/mol. The van der Waals surface area contributed by atoms with E-state index in [1.165, 1.54) is 12.1 Å². The first-order valence-corrected chi connectivity index (χ1v) is 11.3. The predicted octanol–water partition coefficient (Wildman–Crippen LogP) is 4.50. The normalized spacial score (nSPS) is 21.8. The number of carboxylic acid groups (broad SMARTS) is 1. The molecule has 2 fully saturated rings. The van der Waals surface area contributed by atoms with Gasteiger partial charge in [0.2, 0.25) is 0 Å². The van der Waals surface area contributed by atoms with Gasteiger partial charge in [-0.05, 0) is 61.2 Å². The number of rotatable bonds is 4. The molecule has 0 radical (unpaired) electrons. The van der Waals surface area contributed by atoms with Crippen molar-refractivity contribution in [3.05, 3.63) is 59.7 Å². The van der Waals surface area contributed by atoms with Crippen molar-refractivity contribution in [3.63, 3.8) is 0 Å². The van der Waals surface area contributed by atoms with Crippen LogP contribution in [0.3, 0.4) is 0 Å². The number of nitrogens with zero attached hydrogens (tertiary/aromatic N) is 2. The van der Waals surface area contributed by atoms with E-state index in [0.29, 0.717) is 26.2 Å². The second-order valence-electron chi connectivity index (χ2n) is 8.92. The molecule has 2 aliphatic rings. The molecule has 2 atom stereocenters. The van der Waals surface area contributed by atoms with E-state index in [9.17, 15) is 14.3 Å². The molecule has 0 bridgehead atoms. The maximum Gasteiger partial charge on any atom is 0.332 e. The van der Waals surface area contributed by atoms with E-state index in [1.54, 1.807) is 18.3 Å². The van der Waals surface area contributed by atoms with Crippen LogP contribution in [0.25, 0.3) is 27.5 Å². The molecule has 0 spiro atoms. The van der Waals surface area contributed by atoms with Crippen LogP contribution in [0.5, 0.6) is 0 Å². The highest BCUT2D eigenvalue weighted by atomic mass is 19.1. The van der Waals surface area contributed by atoms with Crippen molar-refractivity contribution < 1.29 is 23.8 Å². The number of aromatic nitrogens is 3. The standard InChI is InChI=1S/C25H24FN3O4/c26-17-1-3-18(4-2-17)29-21-9-15-12-27-28-20(15)11-19(21)23(16-10-22(25(30)31)33-13-16)24(29)14-5-7-32-8-6-14/h1-4,9,11-12,14,16,22H,5-8,10,13H2,(H,27,28)(H,30,31)/t16-,22+/m1/s1. The Morgan fingerprint density at radius 1 is 1.15 bits per heavy atom. The molecule has 2 N–H and O–H groups in total. The summed E-state index contributed by atoms with van der Waals surface area (Å²) in [7, 11) is 0. The van der Waals surface area contributed by atoms with Crippen molar-refractivity contribution in [2.45, 2.75) is 37.2 Å². The minimum absolute atomic E-state index is 0.0477. The smallest absolute Gasteiger partial charge is 0.332 e. The third-order valence-electron chi connectivity index (χ3n) is 6.98. The lowest BCUT2D eigenvalue weighted by molar-refractivity contribution is -0.147. The Bertz CT molecular complexity index is 1340. The number of carbonyl (C=O) groups is 1. The average Bonchev–Trinajstić information content (AvgIpc) is 3.55. The van der Waals surface area contributed by atoms with Crippen LogP contribution in [-0.4, -0.2) is 51.8 Å². The summed E-state index contributed by atoms with van der Waals surface area (Å²) >= 11 is 0. The molecule has 2 aromatic carbocycles. The number of ether oxygens (including phenoxy) is 2. The van der Waals surface area contributed by atoms with E-state index in [1.807, 2.05) is 0 Å². The number of aliphatic carboxylic acids is 1. The minimum Gasteiger partial charge on any atom is -0.479 e. The topological polar surface area (TPSA) is 89.4 Å². The molecule has 8 heteroatoms. The number of carboxylic acids is 1. The first-order valence-electron chi connectivity index (χ1n) is 11.3. The maximum atomic E-state index is 13.8. The Kier molecular flexibility index (Phi) is 4.92. The van der Waals surface area contributed by atoms with E-state index >= 15 is 0 Å². The van der Waals surface area contributed by atoms with Gasteiger partial charge in [-0.3, -0.25) is 5.10 Å². The van der Waals surface area contributed by atoms with Crippen molar-refractivity contribution in [2.24, 2.45) is 0 Å². The van der Waals surface area contributed by atoms with Gasteiger partial charge in [0, 0.05) is 47.2 Å². The van der Waals surface area contributed by atoms with Crippen LogP contribution in [-0.2, 0) is 14.3 Å². The molecule has 6 rings (SSSR count). The molecular formula is C25H24FN3O4. The summed E-state index contributed by atoms with van der Waals surface area (Å²) in [6, 6.07) is 10.8. The summed E-state index contributed by atoms with van der Waals surface area (Å²) in [4.78, 5) is 11.6. The highest BCUT2D eigenvalue weighted by Gasteiger charge is 2.37. The maximum absolute atomic E-state index is 13.8. The molecule has 2 aromatic heterocycles. The van der Waals surface area contributed by atoms with E-state index < -0.39 is 12.1 Å². The Morgan fingerprint density at radius 2 is 1.94 bits per heavy atom. The van der Waals surface area contributed by atoms with Crippen molar-refractivity contribution in [1.29, 1.82) is 0 Å². The molecular weight excluding hydrogens is 425 g/mol. The molecule has 33 heavy (non-hydrogen) atoms. The molecule has 0 aliphatic carbocycles. The van der Waals surface area contributed by atoms with Gasteiger partial charge < -0.3 is 19.1 Å². The van der Waals surface area contributed by atoms with Crippen molar-refractivity contribution in [1.82, 2.24) is 14.8 Å². The zero-order valence-electron chi connectivity index (χ0n) is 18.0. The van der Waals surface area contributed by atoms with Crippen molar-refractivity contribution in [2.75, 3.05) is 19.8 Å². The van der Waals surface area contributed by atoms with Gasteiger partial charge in [-0.15, -0.1) is 0 Å². The SMILES string of the molecule is O=C(O)[C@@H]1C[C@@H](c2c(C3CCOCC3)n(-c3ccc(F)cc3)c3cc4cn[nH]c4cc23)CO1. The van der Waals surface area contributed by atoms with Gasteiger partial charge in [0.1, 0.15) is 5.82 Å². The van der Waals surface area contributed by atoms with Gasteiger partial charge in [0.25, 0.3) is 0 Å². The summed E-state index contributed by atoms with van der Waals surface area (Å²) < 4.78 is 27.3. The van der Waals surface area contributed by atoms with Gasteiger partial charge in [-0.25, -0.2) is 9.18 Å². The first kappa shape index (κ1) is 20.4. The fourth-order valence-electron chi connectivity index (χ4n) is 5.44. The third kappa shape index (κ3) is 3.41. The minimum atomic E-state index is -0.927. The molecule has 4 heterocycles. The largest absolute Gasteiger partial charge is 0.479 e. The van der Waals surface area contributed by atoms with E-state index in [0.717, 1.165) is 51.6 Å². The molecule has 0 unspecified atom stereocenters. The second-order valence-corrected chi connectivity index (χ2v) is 8.92. The second kappa shape index (κ2) is 7.97. The molecule has 170 valence electrons. The van der Waals surface area contributed by atoms with Gasteiger partial charge in [-0.1, -0.05) is 0 Å². The lowest BCUT2D eigenvalue weighted by Gasteiger charge is -2.26. The third-order valence-corrected chi connectivity index (χ3v) is 6.98. The lowest BCUT2D eigenvalue weighted by Crippen LogP contribution is -2.19. The van der Waals surface area contributed by atoms with Crippen LogP contribution in [0.2, 0.25) is 0 Å². The number of H-pyrrole nitrogens is 1. The summed E-state index contributed by atoms with van der Waals surface area (Å²) in [5.41, 5.74) is 5.09. The zero-order chi connectivity index (χ0) is 22.5. The fourth-order valence-corrected chi connectivity index (χ4v) is 5.44. The predicted molar refractivity (Wildman–Crippen MR) is 120 cm³/mol. The molecule has 0 amide bonds. The van der Waals surface area contributed by atoms with E-state index in [4.69, 9.17) is 9.47 Å². The molecule has 2 saturated heterocycles. The Balaban J connectivity index is 1.65. The van der Waals surface area contributed by atoms with Crippen LogP contribution < -0.4 is 0 Å². The van der Waals surface area contributed by atoms with Gasteiger partial charge in [0.05, 0.1) is 23.8 Å². The summed E-state index contributed by atoms with van der Waals surface area (Å²) in [6.45, 7) is 1.72. The Hall–Kier alpha value is -3.23. The quantitative estimate of drug-likeness (QED) is 0.479. The number of aromatic amines is 1. The van der Waals surface area contributed by atoms with Crippen LogP contribution in [0, 0.1) is 5.82 Å². The van der Waals surface area contributed by atoms with E-state index in [-0.39, 0.29) is 17.7 Å². The summed E-state index contributed by atoms with van der Waals surface area (Å²) in [5.74, 6) is -1.02. The van der Waals surface area contributed by atoms with E-state index in [2.05, 4.69) is 26.9 Å². The number of hydrogen-bond acceptors (Lipinski definition) is 4. The van der Waals surface area contributed by atoms with Crippen LogP contribution >= 0.6 is 0 Å². The molecule has 2 aliphatic heterocycles. The van der Waals surface area contributed by atoms with Crippen molar-refractivity contribution >= 4 is 27.8 Å². The summed E-state index contributed by atoms with van der Waals surface area (Å²) in [5, 5.41) is 18.8. The monoisotopic (exact) mass is 449 g/mol. The van der Waals surface area contributed by atoms with Crippen molar-refractivity contribution in [3.8, 4) is 5.69 Å². The zero-order valence-corrected chi connectivity index (χ0v) is 18.0. The highest BCUT2D eigenvalue weighted by Crippen LogP contribution is 2.45. The molecule has 4 aromatic rings. The van der Waals surface area contributed by atoms with Gasteiger partial charge >= 0.3 is 5.97 Å². The number of nitrogens with one attached hydrogen (secondary N) is 1. The fraction of sp³-hybridized carbons (Fsp3) is 0.360. The van der Waals surface area contributed by atoms with Crippen LogP contribution in [0.4, 0.5) is 4.39 Å². The lowest BCUT2D eigenvalue weighted by atomic mass is 9.86. The highest BCUT2D eigenvalue weighted by molar-refractivity contribution is 5.99. The number of fused-ring (bicyclic) bond motifs is 2. The van der Waals surface area contributed by atoms with Gasteiger partial charge in [-0.2, -0.15) is 5.10 Å². The van der Waals surface area contributed by atoms with Crippen LogP contribution in [0.15, 0.2) is 42.6 Å². The Labute approximate surface area is 189 Å². The molecule has 7 nitrogen and oxygen atoms in total. The molecule has 0 saturated carbocycles. The number of hydrogen-bond donors (Lipinski definition) is 2. The number of halogens is 1. The Morgan fingerprint density at radius 3 is 2.67 bits per heavy atom. The van der Waals surface area contributed by atoms with Crippen LogP contribution in [0.1, 0.15) is 42.4 Å². The summed E-state index contributed by atoms with van der Waals surface area (Å²) in [6.07, 6.45) is 3.16. The number of benzene rings is 2.